The molecule has 2 fully saturated rings. The van der Waals surface area contributed by atoms with Crippen LogP contribution in [-0.2, 0) is 0 Å². The molecule has 2 atom stereocenters. The number of nitrogens with one attached hydrogen (secondary N) is 1. The molecule has 0 saturated carbocycles. The molecule has 2 unspecified atom stereocenters. The van der Waals surface area contributed by atoms with Gasteiger partial charge in [-0.1, -0.05) is 12.1 Å². The third-order valence-electron chi connectivity index (χ3n) is 4.35. The summed E-state index contributed by atoms with van der Waals surface area (Å²) in [6.45, 7) is 0. The van der Waals surface area contributed by atoms with Crippen LogP contribution in [0.25, 0.3) is 0 Å². The van der Waals surface area contributed by atoms with Crippen molar-refractivity contribution in [1.29, 1.82) is 0 Å². The van der Waals surface area contributed by atoms with E-state index in [9.17, 15) is 4.79 Å². The van der Waals surface area contributed by atoms with Gasteiger partial charge >= 0.3 is 6.03 Å². The normalized spacial score (nSPS) is 28.3. The Labute approximate surface area is 119 Å². The van der Waals surface area contributed by atoms with Crippen molar-refractivity contribution in [2.45, 2.75) is 43.8 Å². The molecule has 3 rings (SSSR count). The first kappa shape index (κ1) is 13.2. The number of methoxy groups -OCH3 is 1. The lowest BCUT2D eigenvalue weighted by molar-refractivity contribution is 0.150. The van der Waals surface area contributed by atoms with Crippen LogP contribution in [-0.4, -0.2) is 36.2 Å². The Morgan fingerprint density at radius 1 is 1.30 bits per heavy atom. The highest BCUT2D eigenvalue weighted by atomic mass is 16.5. The average Bonchev–Trinajstić information content (AvgIpc) is 2.72. The number of piperidine rings is 1. The number of carbonyl (C=O) groups is 1. The minimum Gasteiger partial charge on any atom is -0.495 e. The molecule has 1 aromatic rings. The predicted molar refractivity (Wildman–Crippen MR) is 77.9 cm³/mol. The zero-order valence-electron chi connectivity index (χ0n) is 11.7. The number of nitrogens with two attached hydrogens (primary N) is 1. The lowest BCUT2D eigenvalue weighted by atomic mass is 9.99. The van der Waals surface area contributed by atoms with Gasteiger partial charge in [0.05, 0.1) is 12.8 Å². The maximum Gasteiger partial charge on any atom is 0.322 e. The van der Waals surface area contributed by atoms with E-state index in [4.69, 9.17) is 10.5 Å². The first-order valence-corrected chi connectivity index (χ1v) is 7.17. The highest BCUT2D eigenvalue weighted by molar-refractivity contribution is 5.91. The van der Waals surface area contributed by atoms with Crippen LogP contribution in [0.4, 0.5) is 10.5 Å². The molecule has 20 heavy (non-hydrogen) atoms. The average molecular weight is 275 g/mol. The van der Waals surface area contributed by atoms with Crippen molar-refractivity contribution in [1.82, 2.24) is 4.90 Å². The van der Waals surface area contributed by atoms with Gasteiger partial charge in [-0.2, -0.15) is 0 Å². The number of benzene rings is 1. The van der Waals surface area contributed by atoms with E-state index in [0.717, 1.165) is 25.7 Å². The number of para-hydroxylation sites is 2. The Hall–Kier alpha value is -1.75. The van der Waals surface area contributed by atoms with Crippen molar-refractivity contribution in [3.8, 4) is 5.75 Å². The second-order valence-electron chi connectivity index (χ2n) is 5.65. The van der Waals surface area contributed by atoms with E-state index in [2.05, 4.69) is 5.32 Å². The third kappa shape index (κ3) is 2.33. The predicted octanol–water partition coefficient (Wildman–Crippen LogP) is 2.18. The summed E-state index contributed by atoms with van der Waals surface area (Å²) in [5.74, 6) is 0.682. The highest BCUT2D eigenvalue weighted by Crippen LogP contribution is 2.36. The molecule has 1 aromatic carbocycles. The lowest BCUT2D eigenvalue weighted by Crippen LogP contribution is -2.51. The first-order chi connectivity index (χ1) is 9.69. The van der Waals surface area contributed by atoms with Gasteiger partial charge < -0.3 is 20.7 Å². The highest BCUT2D eigenvalue weighted by Gasteiger charge is 2.42. The van der Waals surface area contributed by atoms with E-state index in [0.29, 0.717) is 23.5 Å². The van der Waals surface area contributed by atoms with Crippen LogP contribution in [0.3, 0.4) is 0 Å². The number of ether oxygens (including phenoxy) is 1. The standard InChI is InChI=1S/C15H21N3O2/c1-20-14-5-3-2-4-13(14)17-15(19)18-11-6-7-12(18)9-10(16)8-11/h2-5,10-12H,6-9,16H2,1H3,(H,17,19). The van der Waals surface area contributed by atoms with Gasteiger partial charge in [0.1, 0.15) is 5.75 Å². The molecule has 2 bridgehead atoms. The molecule has 5 nitrogen and oxygen atoms in total. The van der Waals surface area contributed by atoms with Crippen LogP contribution < -0.4 is 15.8 Å². The monoisotopic (exact) mass is 275 g/mol. The molecule has 0 aromatic heterocycles. The Balaban J connectivity index is 1.74. The van der Waals surface area contributed by atoms with Crippen molar-refractivity contribution >= 4 is 11.7 Å². The smallest absolute Gasteiger partial charge is 0.322 e. The summed E-state index contributed by atoms with van der Waals surface area (Å²) in [5, 5.41) is 2.97. The first-order valence-electron chi connectivity index (χ1n) is 7.17. The fraction of sp³-hybridized carbons (Fsp3) is 0.533. The SMILES string of the molecule is COc1ccccc1NC(=O)N1C2CCC1CC(N)C2. The Morgan fingerprint density at radius 3 is 2.60 bits per heavy atom. The Bertz CT molecular complexity index is 492. The Morgan fingerprint density at radius 2 is 1.95 bits per heavy atom. The molecule has 0 spiro atoms. The molecule has 2 saturated heterocycles. The second-order valence-corrected chi connectivity index (χ2v) is 5.65. The van der Waals surface area contributed by atoms with Crippen molar-refractivity contribution < 1.29 is 9.53 Å². The van der Waals surface area contributed by atoms with E-state index in [1.165, 1.54) is 0 Å². The fourth-order valence-corrected chi connectivity index (χ4v) is 3.48. The minimum atomic E-state index is -0.0334. The summed E-state index contributed by atoms with van der Waals surface area (Å²) in [5.41, 5.74) is 6.75. The topological polar surface area (TPSA) is 67.6 Å². The van der Waals surface area contributed by atoms with Crippen molar-refractivity contribution in [3.63, 3.8) is 0 Å². The number of fused-ring (bicyclic) bond motifs is 2. The maximum absolute atomic E-state index is 12.5. The number of amides is 2. The number of urea groups is 1. The summed E-state index contributed by atoms with van der Waals surface area (Å²) in [7, 11) is 1.61. The van der Waals surface area contributed by atoms with Gasteiger partial charge in [0, 0.05) is 18.1 Å². The molecule has 2 heterocycles. The summed E-state index contributed by atoms with van der Waals surface area (Å²) >= 11 is 0. The number of hydrogen-bond donors (Lipinski definition) is 2. The third-order valence-corrected chi connectivity index (χ3v) is 4.35. The second kappa shape index (κ2) is 5.32. The van der Waals surface area contributed by atoms with Gasteiger partial charge in [-0.25, -0.2) is 4.79 Å². The molecule has 5 heteroatoms. The molecule has 2 amide bonds. The van der Waals surface area contributed by atoms with Gasteiger partial charge in [0.2, 0.25) is 0 Å². The fourth-order valence-electron chi connectivity index (χ4n) is 3.48. The van der Waals surface area contributed by atoms with E-state index in [1.54, 1.807) is 7.11 Å². The minimum absolute atomic E-state index is 0.0334. The quantitative estimate of drug-likeness (QED) is 0.869. The Kier molecular flexibility index (Phi) is 3.53. The number of anilines is 1. The summed E-state index contributed by atoms with van der Waals surface area (Å²) < 4.78 is 5.27. The van der Waals surface area contributed by atoms with Crippen LogP contribution in [0.1, 0.15) is 25.7 Å². The van der Waals surface area contributed by atoms with Gasteiger partial charge in [0.25, 0.3) is 0 Å². The van der Waals surface area contributed by atoms with Crippen LogP contribution in [0.2, 0.25) is 0 Å². The molecule has 3 N–H and O–H groups in total. The van der Waals surface area contributed by atoms with Gasteiger partial charge in [0.15, 0.2) is 0 Å². The van der Waals surface area contributed by atoms with Crippen molar-refractivity contribution in [2.75, 3.05) is 12.4 Å². The molecular weight excluding hydrogens is 254 g/mol. The van der Waals surface area contributed by atoms with Crippen LogP contribution in [0, 0.1) is 0 Å². The molecule has 108 valence electrons. The van der Waals surface area contributed by atoms with Gasteiger partial charge in [-0.05, 0) is 37.8 Å². The number of hydrogen-bond acceptors (Lipinski definition) is 3. The number of rotatable bonds is 2. The molecular formula is C15H21N3O2. The summed E-state index contributed by atoms with van der Waals surface area (Å²) in [6.07, 6.45) is 3.96. The summed E-state index contributed by atoms with van der Waals surface area (Å²) in [4.78, 5) is 14.5. The molecule has 0 aliphatic carbocycles. The van der Waals surface area contributed by atoms with Crippen molar-refractivity contribution in [2.24, 2.45) is 5.73 Å². The zero-order chi connectivity index (χ0) is 14.1. The summed E-state index contributed by atoms with van der Waals surface area (Å²) in [6, 6.07) is 8.26. The van der Waals surface area contributed by atoms with Crippen LogP contribution in [0.15, 0.2) is 24.3 Å². The largest absolute Gasteiger partial charge is 0.495 e. The van der Waals surface area contributed by atoms with Gasteiger partial charge in [-0.3, -0.25) is 0 Å². The van der Waals surface area contributed by atoms with E-state index in [-0.39, 0.29) is 12.1 Å². The number of nitrogens with zero attached hydrogens (tertiary/aromatic N) is 1. The van der Waals surface area contributed by atoms with Crippen molar-refractivity contribution in [3.05, 3.63) is 24.3 Å². The number of carbonyl (C=O) groups excluding carboxylic acids is 1. The molecule has 2 aliphatic heterocycles. The van der Waals surface area contributed by atoms with E-state index < -0.39 is 0 Å². The van der Waals surface area contributed by atoms with Crippen LogP contribution in [0.5, 0.6) is 5.75 Å². The van der Waals surface area contributed by atoms with E-state index >= 15 is 0 Å². The van der Waals surface area contributed by atoms with Gasteiger partial charge in [-0.15, -0.1) is 0 Å². The maximum atomic E-state index is 12.5. The van der Waals surface area contributed by atoms with E-state index in [1.807, 2.05) is 29.2 Å². The lowest BCUT2D eigenvalue weighted by Gasteiger charge is -2.37. The molecule has 2 aliphatic rings. The van der Waals surface area contributed by atoms with Crippen LogP contribution >= 0.6 is 0 Å². The zero-order valence-corrected chi connectivity index (χ0v) is 11.7. The molecule has 0 radical (unpaired) electrons.